The standard InChI is InChI=1S/C17H20N4O/c1-12(2)16-19-6-7-20(16)9-13-10-21(11-13)17-14-4-8-22-15(14)3-5-18-17/h3-8,12-13H,9-11H2,1-2H3. The summed E-state index contributed by atoms with van der Waals surface area (Å²) in [6.45, 7) is 7.48. The molecular weight excluding hydrogens is 276 g/mol. The normalized spacial score (nSPS) is 15.7. The third-order valence-corrected chi connectivity index (χ3v) is 4.33. The first-order chi connectivity index (χ1) is 10.7. The van der Waals surface area contributed by atoms with Crippen LogP contribution in [0.5, 0.6) is 0 Å². The Hall–Kier alpha value is -2.30. The zero-order valence-corrected chi connectivity index (χ0v) is 12.9. The molecule has 5 nitrogen and oxygen atoms in total. The van der Waals surface area contributed by atoms with Crippen LogP contribution in [0.4, 0.5) is 5.82 Å². The van der Waals surface area contributed by atoms with Gasteiger partial charge in [-0.15, -0.1) is 0 Å². The largest absolute Gasteiger partial charge is 0.464 e. The van der Waals surface area contributed by atoms with E-state index in [9.17, 15) is 0 Å². The number of fused-ring (bicyclic) bond motifs is 1. The summed E-state index contributed by atoms with van der Waals surface area (Å²) in [6, 6.07) is 3.91. The molecule has 3 aromatic heterocycles. The summed E-state index contributed by atoms with van der Waals surface area (Å²) in [5.41, 5.74) is 0.908. The van der Waals surface area contributed by atoms with Crippen molar-refractivity contribution in [2.24, 2.45) is 5.92 Å². The molecule has 1 fully saturated rings. The van der Waals surface area contributed by atoms with Crippen LogP contribution in [0.25, 0.3) is 11.0 Å². The van der Waals surface area contributed by atoms with Crippen LogP contribution in [0, 0.1) is 5.92 Å². The zero-order chi connectivity index (χ0) is 15.1. The van der Waals surface area contributed by atoms with E-state index in [2.05, 4.69) is 39.5 Å². The Balaban J connectivity index is 1.46. The molecule has 4 rings (SSSR count). The van der Waals surface area contributed by atoms with Gasteiger partial charge < -0.3 is 13.9 Å². The molecule has 114 valence electrons. The van der Waals surface area contributed by atoms with E-state index in [0.717, 1.165) is 36.4 Å². The van der Waals surface area contributed by atoms with Gasteiger partial charge in [-0.2, -0.15) is 0 Å². The topological polar surface area (TPSA) is 47.1 Å². The molecule has 0 N–H and O–H groups in total. The Morgan fingerprint density at radius 3 is 2.91 bits per heavy atom. The van der Waals surface area contributed by atoms with E-state index in [0.29, 0.717) is 11.8 Å². The van der Waals surface area contributed by atoms with Crippen molar-refractivity contribution in [2.45, 2.75) is 26.3 Å². The van der Waals surface area contributed by atoms with E-state index < -0.39 is 0 Å². The highest BCUT2D eigenvalue weighted by molar-refractivity contribution is 5.88. The van der Waals surface area contributed by atoms with Crippen LogP contribution in [0.2, 0.25) is 0 Å². The maximum Gasteiger partial charge on any atom is 0.139 e. The summed E-state index contributed by atoms with van der Waals surface area (Å²) in [6.07, 6.45) is 7.54. The molecule has 3 aromatic rings. The number of hydrogen-bond donors (Lipinski definition) is 0. The minimum atomic E-state index is 0.465. The smallest absolute Gasteiger partial charge is 0.139 e. The van der Waals surface area contributed by atoms with Gasteiger partial charge >= 0.3 is 0 Å². The molecule has 0 radical (unpaired) electrons. The van der Waals surface area contributed by atoms with Gasteiger partial charge in [0.25, 0.3) is 0 Å². The van der Waals surface area contributed by atoms with Gasteiger partial charge in [0.15, 0.2) is 0 Å². The van der Waals surface area contributed by atoms with Gasteiger partial charge in [-0.25, -0.2) is 9.97 Å². The maximum absolute atomic E-state index is 5.45. The van der Waals surface area contributed by atoms with Gasteiger partial charge in [-0.05, 0) is 12.1 Å². The van der Waals surface area contributed by atoms with Crippen LogP contribution in [0.15, 0.2) is 41.4 Å². The molecule has 0 saturated carbocycles. The minimum Gasteiger partial charge on any atom is -0.464 e. The van der Waals surface area contributed by atoms with Crippen LogP contribution >= 0.6 is 0 Å². The lowest BCUT2D eigenvalue weighted by Crippen LogP contribution is -2.49. The molecular formula is C17H20N4O. The van der Waals surface area contributed by atoms with Gasteiger partial charge in [-0.3, -0.25) is 0 Å². The molecule has 0 bridgehead atoms. The first kappa shape index (κ1) is 13.4. The molecule has 1 aliphatic heterocycles. The van der Waals surface area contributed by atoms with Gasteiger partial charge in [0.1, 0.15) is 17.2 Å². The summed E-state index contributed by atoms with van der Waals surface area (Å²) in [4.78, 5) is 11.3. The maximum atomic E-state index is 5.45. The van der Waals surface area contributed by atoms with E-state index >= 15 is 0 Å². The van der Waals surface area contributed by atoms with Crippen LogP contribution in [0.3, 0.4) is 0 Å². The number of anilines is 1. The molecule has 5 heteroatoms. The summed E-state index contributed by atoms with van der Waals surface area (Å²) in [5, 5.41) is 1.10. The highest BCUT2D eigenvalue weighted by Gasteiger charge is 2.30. The number of hydrogen-bond acceptors (Lipinski definition) is 4. The van der Waals surface area contributed by atoms with E-state index in [-0.39, 0.29) is 0 Å². The second-order valence-corrected chi connectivity index (χ2v) is 6.33. The zero-order valence-electron chi connectivity index (χ0n) is 12.9. The van der Waals surface area contributed by atoms with Crippen LogP contribution in [0.1, 0.15) is 25.6 Å². The summed E-state index contributed by atoms with van der Waals surface area (Å²) >= 11 is 0. The molecule has 0 amide bonds. The van der Waals surface area contributed by atoms with E-state index in [1.807, 2.05) is 24.5 Å². The average molecular weight is 296 g/mol. The third-order valence-electron chi connectivity index (χ3n) is 4.33. The Bertz CT molecular complexity index is 783. The summed E-state index contributed by atoms with van der Waals surface area (Å²) in [5.74, 6) is 3.33. The lowest BCUT2D eigenvalue weighted by molar-refractivity contribution is 0.349. The molecule has 0 atom stereocenters. The van der Waals surface area contributed by atoms with Crippen molar-refractivity contribution in [3.63, 3.8) is 0 Å². The summed E-state index contributed by atoms with van der Waals surface area (Å²) in [7, 11) is 0. The second-order valence-electron chi connectivity index (χ2n) is 6.33. The Morgan fingerprint density at radius 1 is 1.23 bits per heavy atom. The fourth-order valence-corrected chi connectivity index (χ4v) is 3.24. The lowest BCUT2D eigenvalue weighted by Gasteiger charge is -2.40. The van der Waals surface area contributed by atoms with Crippen molar-refractivity contribution in [3.8, 4) is 0 Å². The molecule has 0 aromatic carbocycles. The molecule has 0 spiro atoms. The predicted octanol–water partition coefficient (Wildman–Crippen LogP) is 3.28. The van der Waals surface area contributed by atoms with Crippen molar-refractivity contribution in [1.82, 2.24) is 14.5 Å². The number of rotatable bonds is 4. The SMILES string of the molecule is CC(C)c1nccn1CC1CN(c2nccc3occc23)C1. The fourth-order valence-electron chi connectivity index (χ4n) is 3.24. The first-order valence-electron chi connectivity index (χ1n) is 7.80. The number of furan rings is 1. The van der Waals surface area contributed by atoms with Gasteiger partial charge in [0, 0.05) is 50.1 Å². The van der Waals surface area contributed by atoms with E-state index in [1.54, 1.807) is 6.26 Å². The number of nitrogens with zero attached hydrogens (tertiary/aromatic N) is 4. The van der Waals surface area contributed by atoms with Crippen molar-refractivity contribution in [2.75, 3.05) is 18.0 Å². The van der Waals surface area contributed by atoms with E-state index in [4.69, 9.17) is 4.42 Å². The lowest BCUT2D eigenvalue weighted by atomic mass is 9.99. The van der Waals surface area contributed by atoms with Crippen LogP contribution < -0.4 is 4.90 Å². The molecule has 4 heterocycles. The Labute approximate surface area is 129 Å². The quantitative estimate of drug-likeness (QED) is 0.741. The number of aromatic nitrogens is 3. The molecule has 22 heavy (non-hydrogen) atoms. The predicted molar refractivity (Wildman–Crippen MR) is 86.0 cm³/mol. The van der Waals surface area contributed by atoms with Crippen molar-refractivity contribution in [3.05, 3.63) is 42.8 Å². The van der Waals surface area contributed by atoms with Crippen molar-refractivity contribution in [1.29, 1.82) is 0 Å². The Morgan fingerprint density at radius 2 is 2.09 bits per heavy atom. The van der Waals surface area contributed by atoms with Crippen molar-refractivity contribution >= 4 is 16.8 Å². The van der Waals surface area contributed by atoms with Gasteiger partial charge in [-0.1, -0.05) is 13.8 Å². The molecule has 0 unspecified atom stereocenters. The van der Waals surface area contributed by atoms with E-state index in [1.165, 1.54) is 5.82 Å². The first-order valence-corrected chi connectivity index (χ1v) is 7.80. The highest BCUT2D eigenvalue weighted by Crippen LogP contribution is 2.31. The average Bonchev–Trinajstić information content (AvgIpc) is 3.10. The van der Waals surface area contributed by atoms with Crippen molar-refractivity contribution < 1.29 is 4.42 Å². The van der Waals surface area contributed by atoms with Crippen LogP contribution in [-0.4, -0.2) is 27.6 Å². The monoisotopic (exact) mass is 296 g/mol. The Kier molecular flexibility index (Phi) is 3.13. The fraction of sp³-hybridized carbons (Fsp3) is 0.412. The second kappa shape index (κ2) is 5.16. The molecule has 1 saturated heterocycles. The number of pyridine rings is 1. The molecule has 0 aliphatic carbocycles. The number of imidazole rings is 1. The highest BCUT2D eigenvalue weighted by atomic mass is 16.3. The summed E-state index contributed by atoms with van der Waals surface area (Å²) < 4.78 is 7.74. The minimum absolute atomic E-state index is 0.465. The van der Waals surface area contributed by atoms with Gasteiger partial charge in [0.2, 0.25) is 0 Å². The van der Waals surface area contributed by atoms with Gasteiger partial charge in [0.05, 0.1) is 11.6 Å². The molecule has 1 aliphatic rings. The third kappa shape index (κ3) is 2.17. The van der Waals surface area contributed by atoms with Crippen LogP contribution in [-0.2, 0) is 6.54 Å².